The standard InChI is InChI=1S/C17H21F3N2O3S/c18-17(19,20)13-3-1-4-14(11-13)21-16(23)12-5-7-15(8-6-12)22-9-2-10-26(22,24)25/h5-8,13-14H,1-4,9-11H2,(H,21,23). The van der Waals surface area contributed by atoms with E-state index in [1.807, 2.05) is 0 Å². The summed E-state index contributed by atoms with van der Waals surface area (Å²) in [5.74, 6) is -1.70. The Hall–Kier alpha value is -1.77. The van der Waals surface area contributed by atoms with E-state index in [0.717, 1.165) is 0 Å². The summed E-state index contributed by atoms with van der Waals surface area (Å²) in [6, 6.07) is 5.61. The van der Waals surface area contributed by atoms with E-state index in [-0.39, 0.29) is 18.6 Å². The molecule has 1 aliphatic carbocycles. The zero-order chi connectivity index (χ0) is 18.9. The number of hydrogen-bond acceptors (Lipinski definition) is 3. The highest BCUT2D eigenvalue weighted by molar-refractivity contribution is 7.93. The second-order valence-corrected chi connectivity index (χ2v) is 8.88. The summed E-state index contributed by atoms with van der Waals surface area (Å²) >= 11 is 0. The summed E-state index contributed by atoms with van der Waals surface area (Å²) in [4.78, 5) is 12.3. The number of sulfonamides is 1. The van der Waals surface area contributed by atoms with Gasteiger partial charge in [-0.3, -0.25) is 9.10 Å². The topological polar surface area (TPSA) is 66.5 Å². The van der Waals surface area contributed by atoms with Crippen LogP contribution in [0.1, 0.15) is 42.5 Å². The lowest BCUT2D eigenvalue weighted by Gasteiger charge is -2.31. The van der Waals surface area contributed by atoms with Gasteiger partial charge in [0.25, 0.3) is 5.91 Å². The van der Waals surface area contributed by atoms with Gasteiger partial charge in [-0.15, -0.1) is 0 Å². The number of alkyl halides is 3. The van der Waals surface area contributed by atoms with Crippen LogP contribution in [0.2, 0.25) is 0 Å². The first kappa shape index (κ1) is 19.0. The number of rotatable bonds is 3. The van der Waals surface area contributed by atoms with E-state index in [1.165, 1.54) is 16.4 Å². The summed E-state index contributed by atoms with van der Waals surface area (Å²) in [5, 5.41) is 2.67. The number of anilines is 1. The molecule has 1 saturated heterocycles. The molecule has 1 N–H and O–H groups in total. The minimum Gasteiger partial charge on any atom is -0.349 e. The van der Waals surface area contributed by atoms with E-state index >= 15 is 0 Å². The van der Waals surface area contributed by atoms with Crippen molar-refractivity contribution in [1.29, 1.82) is 0 Å². The fourth-order valence-electron chi connectivity index (χ4n) is 3.60. The second kappa shape index (κ2) is 7.09. The molecule has 1 heterocycles. The van der Waals surface area contributed by atoms with Crippen LogP contribution in [0.15, 0.2) is 24.3 Å². The Morgan fingerprint density at radius 2 is 1.81 bits per heavy atom. The number of nitrogens with one attached hydrogen (secondary N) is 1. The number of carbonyl (C=O) groups is 1. The molecule has 2 unspecified atom stereocenters. The SMILES string of the molecule is O=C(NC1CCCC(C(F)(F)F)C1)c1ccc(N2CCCS2(=O)=O)cc1. The molecule has 1 saturated carbocycles. The molecule has 3 rings (SSSR count). The van der Waals surface area contributed by atoms with Crippen molar-refractivity contribution in [3.8, 4) is 0 Å². The first-order valence-corrected chi connectivity index (χ1v) is 10.3. The van der Waals surface area contributed by atoms with Crippen LogP contribution in [0.3, 0.4) is 0 Å². The Morgan fingerprint density at radius 1 is 1.12 bits per heavy atom. The maximum atomic E-state index is 12.9. The lowest BCUT2D eigenvalue weighted by atomic mass is 9.85. The minimum atomic E-state index is -4.23. The summed E-state index contributed by atoms with van der Waals surface area (Å²) < 4.78 is 63.7. The van der Waals surface area contributed by atoms with Gasteiger partial charge in [-0.25, -0.2) is 8.42 Å². The lowest BCUT2D eigenvalue weighted by molar-refractivity contribution is -0.183. The molecule has 1 aromatic rings. The summed E-state index contributed by atoms with van der Waals surface area (Å²) in [5.41, 5.74) is 0.799. The maximum absolute atomic E-state index is 12.9. The molecule has 1 amide bonds. The Labute approximate surface area is 150 Å². The third kappa shape index (κ3) is 4.13. The first-order valence-electron chi connectivity index (χ1n) is 8.65. The Balaban J connectivity index is 1.63. The molecule has 9 heteroatoms. The molecule has 0 aromatic heterocycles. The van der Waals surface area contributed by atoms with Gasteiger partial charge in [-0.05, 0) is 49.9 Å². The number of benzene rings is 1. The first-order chi connectivity index (χ1) is 12.2. The quantitative estimate of drug-likeness (QED) is 0.863. The normalized spacial score (nSPS) is 25.9. The van der Waals surface area contributed by atoms with Crippen molar-refractivity contribution in [2.24, 2.45) is 5.92 Å². The average Bonchev–Trinajstić information content (AvgIpc) is 2.93. The van der Waals surface area contributed by atoms with Crippen molar-refractivity contribution >= 4 is 21.6 Å². The predicted octanol–water partition coefficient (Wildman–Crippen LogP) is 3.08. The van der Waals surface area contributed by atoms with Crippen LogP contribution in [0.25, 0.3) is 0 Å². The average molecular weight is 390 g/mol. The maximum Gasteiger partial charge on any atom is 0.391 e. The van der Waals surface area contributed by atoms with Crippen LogP contribution in [-0.2, 0) is 10.0 Å². The summed E-state index contributed by atoms with van der Waals surface area (Å²) in [7, 11) is -3.29. The van der Waals surface area contributed by atoms with Gasteiger partial charge in [0.05, 0.1) is 17.4 Å². The molecule has 2 fully saturated rings. The minimum absolute atomic E-state index is 0.0979. The van der Waals surface area contributed by atoms with Gasteiger partial charge in [-0.2, -0.15) is 13.2 Å². The van der Waals surface area contributed by atoms with Gasteiger partial charge in [0.2, 0.25) is 10.0 Å². The lowest BCUT2D eigenvalue weighted by Crippen LogP contribution is -2.41. The van der Waals surface area contributed by atoms with Crippen LogP contribution in [-0.4, -0.2) is 38.8 Å². The van der Waals surface area contributed by atoms with Gasteiger partial charge >= 0.3 is 6.18 Å². The van der Waals surface area contributed by atoms with E-state index in [2.05, 4.69) is 5.32 Å². The highest BCUT2D eigenvalue weighted by Gasteiger charge is 2.42. The summed E-state index contributed by atoms with van der Waals surface area (Å²) in [6.07, 6.45) is -2.70. The zero-order valence-corrected chi connectivity index (χ0v) is 14.9. The van der Waals surface area contributed by atoms with Gasteiger partial charge in [0.15, 0.2) is 0 Å². The van der Waals surface area contributed by atoms with E-state index in [9.17, 15) is 26.4 Å². The molecule has 0 bridgehead atoms. The van der Waals surface area contributed by atoms with E-state index in [0.29, 0.717) is 37.1 Å². The number of carbonyl (C=O) groups excluding carboxylic acids is 1. The van der Waals surface area contributed by atoms with Crippen molar-refractivity contribution in [1.82, 2.24) is 5.32 Å². The number of amides is 1. The van der Waals surface area contributed by atoms with Crippen LogP contribution >= 0.6 is 0 Å². The van der Waals surface area contributed by atoms with Gasteiger partial charge in [0.1, 0.15) is 0 Å². The largest absolute Gasteiger partial charge is 0.391 e. The molecule has 2 aliphatic rings. The van der Waals surface area contributed by atoms with Crippen molar-refractivity contribution in [3.63, 3.8) is 0 Å². The molecule has 0 spiro atoms. The summed E-state index contributed by atoms with van der Waals surface area (Å²) in [6.45, 7) is 0.411. The van der Waals surface area contributed by atoms with E-state index in [4.69, 9.17) is 0 Å². The molecule has 144 valence electrons. The van der Waals surface area contributed by atoms with Crippen LogP contribution in [0.4, 0.5) is 18.9 Å². The van der Waals surface area contributed by atoms with Gasteiger partial charge in [-0.1, -0.05) is 6.42 Å². The third-order valence-corrected chi connectivity index (χ3v) is 6.86. The highest BCUT2D eigenvalue weighted by Crippen LogP contribution is 2.37. The predicted molar refractivity (Wildman–Crippen MR) is 91.5 cm³/mol. The smallest absolute Gasteiger partial charge is 0.349 e. The third-order valence-electron chi connectivity index (χ3n) is 4.99. The number of hydrogen-bond donors (Lipinski definition) is 1. The molecule has 5 nitrogen and oxygen atoms in total. The number of halogens is 3. The van der Waals surface area contributed by atoms with Crippen LogP contribution < -0.4 is 9.62 Å². The molecular weight excluding hydrogens is 369 g/mol. The monoisotopic (exact) mass is 390 g/mol. The van der Waals surface area contributed by atoms with E-state index < -0.39 is 34.1 Å². The van der Waals surface area contributed by atoms with Gasteiger partial charge in [0, 0.05) is 18.2 Å². The van der Waals surface area contributed by atoms with Crippen molar-refractivity contribution in [3.05, 3.63) is 29.8 Å². The Kier molecular flexibility index (Phi) is 5.18. The fraction of sp³-hybridized carbons (Fsp3) is 0.588. The Morgan fingerprint density at radius 3 is 2.38 bits per heavy atom. The van der Waals surface area contributed by atoms with Crippen LogP contribution in [0.5, 0.6) is 0 Å². The Bertz CT molecular complexity index is 762. The molecular formula is C17H21F3N2O3S. The van der Waals surface area contributed by atoms with Crippen LogP contribution in [0, 0.1) is 5.92 Å². The number of nitrogens with zero attached hydrogens (tertiary/aromatic N) is 1. The molecule has 26 heavy (non-hydrogen) atoms. The molecule has 2 atom stereocenters. The molecule has 1 aliphatic heterocycles. The van der Waals surface area contributed by atoms with Gasteiger partial charge < -0.3 is 5.32 Å². The highest BCUT2D eigenvalue weighted by atomic mass is 32.2. The molecule has 1 aromatic carbocycles. The molecule has 0 radical (unpaired) electrons. The fourth-order valence-corrected chi connectivity index (χ4v) is 5.16. The van der Waals surface area contributed by atoms with Crippen molar-refractivity contribution in [2.45, 2.75) is 44.3 Å². The zero-order valence-electron chi connectivity index (χ0n) is 14.1. The second-order valence-electron chi connectivity index (χ2n) is 6.86. The van der Waals surface area contributed by atoms with Crippen molar-refractivity contribution < 1.29 is 26.4 Å². The van der Waals surface area contributed by atoms with E-state index in [1.54, 1.807) is 12.1 Å². The van der Waals surface area contributed by atoms with Crippen molar-refractivity contribution in [2.75, 3.05) is 16.6 Å².